The Bertz CT molecular complexity index is 534. The minimum absolute atomic E-state index is 0.0852. The summed E-state index contributed by atoms with van der Waals surface area (Å²) in [6, 6.07) is 2.48. The molecule has 106 valence electrons. The van der Waals surface area contributed by atoms with Crippen molar-refractivity contribution in [3.8, 4) is 0 Å². The molecular weight excluding hydrogens is 266 g/mol. The molecule has 0 saturated heterocycles. The number of hydrogen-bond acceptors (Lipinski definition) is 6. The highest BCUT2D eigenvalue weighted by atomic mass is 16.6. The minimum atomic E-state index is -1.18. The molecular formula is C13H13NO6. The molecule has 7 nitrogen and oxygen atoms in total. The number of hydrogen-bond donors (Lipinski definition) is 1. The van der Waals surface area contributed by atoms with E-state index in [0.717, 1.165) is 6.20 Å². The van der Waals surface area contributed by atoms with Crippen LogP contribution in [0.5, 0.6) is 0 Å². The molecule has 0 amide bonds. The van der Waals surface area contributed by atoms with Crippen LogP contribution in [0.3, 0.4) is 0 Å². The van der Waals surface area contributed by atoms with Crippen molar-refractivity contribution in [3.63, 3.8) is 0 Å². The Morgan fingerprint density at radius 3 is 2.40 bits per heavy atom. The van der Waals surface area contributed by atoms with E-state index in [0.29, 0.717) is 0 Å². The number of aromatic nitrogens is 1. The molecule has 0 aliphatic rings. The first-order valence-corrected chi connectivity index (χ1v) is 5.61. The first-order valence-electron chi connectivity index (χ1n) is 5.61. The van der Waals surface area contributed by atoms with E-state index in [-0.39, 0.29) is 30.0 Å². The number of aromatic carboxylic acids is 1. The van der Waals surface area contributed by atoms with Gasteiger partial charge in [0.1, 0.15) is 18.9 Å². The summed E-state index contributed by atoms with van der Waals surface area (Å²) in [5.41, 5.74) is 0.197. The van der Waals surface area contributed by atoms with E-state index in [1.165, 1.54) is 19.1 Å². The average Bonchev–Trinajstić information content (AvgIpc) is 2.43. The lowest BCUT2D eigenvalue weighted by molar-refractivity contribution is -0.140. The summed E-state index contributed by atoms with van der Waals surface area (Å²) in [5.74, 6) is -2.43. The van der Waals surface area contributed by atoms with Gasteiger partial charge in [0.05, 0.1) is 5.56 Å². The van der Waals surface area contributed by atoms with Crippen LogP contribution in [0.2, 0.25) is 0 Å². The topological polar surface area (TPSA) is 103 Å². The average molecular weight is 279 g/mol. The highest BCUT2D eigenvalue weighted by Crippen LogP contribution is 2.03. The fraction of sp³-hybridized carbons (Fsp3) is 0.231. The van der Waals surface area contributed by atoms with E-state index >= 15 is 0 Å². The lowest BCUT2D eigenvalue weighted by Crippen LogP contribution is -2.14. The molecule has 0 saturated carbocycles. The second kappa shape index (κ2) is 7.03. The number of esters is 2. The van der Waals surface area contributed by atoms with Crippen LogP contribution in [0.15, 0.2) is 30.5 Å². The van der Waals surface area contributed by atoms with Crippen molar-refractivity contribution in [2.24, 2.45) is 0 Å². The summed E-state index contributed by atoms with van der Waals surface area (Å²) in [7, 11) is 0. The molecule has 0 radical (unpaired) electrons. The molecule has 0 bridgehead atoms. The molecule has 0 unspecified atom stereocenters. The lowest BCUT2D eigenvalue weighted by atomic mass is 10.2. The molecule has 1 N–H and O–H groups in total. The maximum atomic E-state index is 11.5. The number of carbonyl (C=O) groups excluding carboxylic acids is 2. The fourth-order valence-corrected chi connectivity index (χ4v) is 1.12. The van der Waals surface area contributed by atoms with Crippen molar-refractivity contribution >= 4 is 17.9 Å². The number of rotatable bonds is 6. The standard InChI is InChI=1S/C13H13NO6/c1-8(2)12(17)19-5-6-20-13(18)9-3-4-10(11(15)16)14-7-9/h3-4,7H,1,5-6H2,2H3,(H,15,16). The number of nitrogens with zero attached hydrogens (tertiary/aromatic N) is 1. The number of carboxylic acids is 1. The third kappa shape index (κ3) is 4.52. The second-order valence-corrected chi connectivity index (χ2v) is 3.79. The Labute approximate surface area is 114 Å². The summed E-state index contributed by atoms with van der Waals surface area (Å²) in [6.45, 7) is 4.71. The Morgan fingerprint density at radius 2 is 1.90 bits per heavy atom. The molecule has 0 aliphatic heterocycles. The quantitative estimate of drug-likeness (QED) is 0.471. The molecule has 1 aromatic heterocycles. The first-order chi connectivity index (χ1) is 9.41. The molecule has 1 rings (SSSR count). The normalized spacial score (nSPS) is 9.65. The largest absolute Gasteiger partial charge is 0.477 e. The minimum Gasteiger partial charge on any atom is -0.477 e. The third-order valence-electron chi connectivity index (χ3n) is 2.12. The van der Waals surface area contributed by atoms with Crippen LogP contribution < -0.4 is 0 Å². The van der Waals surface area contributed by atoms with Gasteiger partial charge >= 0.3 is 17.9 Å². The zero-order valence-electron chi connectivity index (χ0n) is 10.8. The van der Waals surface area contributed by atoms with Crippen molar-refractivity contribution < 1.29 is 29.0 Å². The predicted octanol–water partition coefficient (Wildman–Crippen LogP) is 1.06. The van der Waals surface area contributed by atoms with Gasteiger partial charge in [0, 0.05) is 11.8 Å². The maximum Gasteiger partial charge on any atom is 0.354 e. The lowest BCUT2D eigenvalue weighted by Gasteiger charge is -2.06. The van der Waals surface area contributed by atoms with Crippen molar-refractivity contribution in [2.45, 2.75) is 6.92 Å². The number of pyridine rings is 1. The monoisotopic (exact) mass is 279 g/mol. The Hall–Kier alpha value is -2.70. The van der Waals surface area contributed by atoms with Crippen LogP contribution in [0.1, 0.15) is 27.8 Å². The SMILES string of the molecule is C=C(C)C(=O)OCCOC(=O)c1ccc(C(=O)O)nc1. The van der Waals surface area contributed by atoms with Gasteiger partial charge in [0.15, 0.2) is 0 Å². The van der Waals surface area contributed by atoms with E-state index in [4.69, 9.17) is 14.6 Å². The van der Waals surface area contributed by atoms with Crippen LogP contribution in [-0.2, 0) is 14.3 Å². The van der Waals surface area contributed by atoms with Gasteiger partial charge in [-0.25, -0.2) is 19.4 Å². The first kappa shape index (κ1) is 15.4. The number of carboxylic acid groups (broad SMARTS) is 1. The van der Waals surface area contributed by atoms with E-state index in [9.17, 15) is 14.4 Å². The highest BCUT2D eigenvalue weighted by Gasteiger charge is 2.10. The summed E-state index contributed by atoms with van der Waals surface area (Å²) in [6.07, 6.45) is 1.10. The number of carbonyl (C=O) groups is 3. The van der Waals surface area contributed by atoms with Crippen molar-refractivity contribution in [3.05, 3.63) is 41.7 Å². The maximum absolute atomic E-state index is 11.5. The molecule has 0 aliphatic carbocycles. The van der Waals surface area contributed by atoms with E-state index in [2.05, 4.69) is 11.6 Å². The Kier molecular flexibility index (Phi) is 5.40. The molecule has 0 atom stereocenters. The van der Waals surface area contributed by atoms with Crippen LogP contribution in [0, 0.1) is 0 Å². The van der Waals surface area contributed by atoms with Crippen LogP contribution in [0.25, 0.3) is 0 Å². The van der Waals surface area contributed by atoms with Gasteiger partial charge < -0.3 is 14.6 Å². The molecule has 0 spiro atoms. The summed E-state index contributed by atoms with van der Waals surface area (Å²) >= 11 is 0. The summed E-state index contributed by atoms with van der Waals surface area (Å²) in [4.78, 5) is 36.7. The van der Waals surface area contributed by atoms with Crippen molar-refractivity contribution in [1.29, 1.82) is 0 Å². The van der Waals surface area contributed by atoms with Gasteiger partial charge in [-0.3, -0.25) is 0 Å². The molecule has 0 aromatic carbocycles. The zero-order valence-corrected chi connectivity index (χ0v) is 10.8. The molecule has 1 aromatic rings. The molecule has 1 heterocycles. The van der Waals surface area contributed by atoms with Crippen molar-refractivity contribution in [2.75, 3.05) is 13.2 Å². The highest BCUT2D eigenvalue weighted by molar-refractivity contribution is 5.91. The van der Waals surface area contributed by atoms with E-state index < -0.39 is 17.9 Å². The Balaban J connectivity index is 2.41. The molecule has 7 heteroatoms. The van der Waals surface area contributed by atoms with Crippen LogP contribution >= 0.6 is 0 Å². The van der Waals surface area contributed by atoms with Gasteiger partial charge in [-0.1, -0.05) is 6.58 Å². The Morgan fingerprint density at radius 1 is 1.25 bits per heavy atom. The number of ether oxygens (including phenoxy) is 2. The van der Waals surface area contributed by atoms with Gasteiger partial charge in [-0.05, 0) is 19.1 Å². The molecule has 0 fully saturated rings. The van der Waals surface area contributed by atoms with Gasteiger partial charge in [-0.15, -0.1) is 0 Å². The zero-order chi connectivity index (χ0) is 15.1. The van der Waals surface area contributed by atoms with E-state index in [1.807, 2.05) is 0 Å². The van der Waals surface area contributed by atoms with Crippen molar-refractivity contribution in [1.82, 2.24) is 4.98 Å². The summed E-state index contributed by atoms with van der Waals surface area (Å²) in [5, 5.41) is 8.65. The third-order valence-corrected chi connectivity index (χ3v) is 2.12. The van der Waals surface area contributed by atoms with Crippen LogP contribution in [-0.4, -0.2) is 41.2 Å². The predicted molar refractivity (Wildman–Crippen MR) is 67.3 cm³/mol. The molecule has 20 heavy (non-hydrogen) atoms. The smallest absolute Gasteiger partial charge is 0.354 e. The summed E-state index contributed by atoms with van der Waals surface area (Å²) < 4.78 is 9.56. The van der Waals surface area contributed by atoms with Gasteiger partial charge in [0.2, 0.25) is 0 Å². The van der Waals surface area contributed by atoms with Gasteiger partial charge in [-0.2, -0.15) is 0 Å². The fourth-order valence-electron chi connectivity index (χ4n) is 1.12. The second-order valence-electron chi connectivity index (χ2n) is 3.79. The van der Waals surface area contributed by atoms with Crippen LogP contribution in [0.4, 0.5) is 0 Å². The van der Waals surface area contributed by atoms with Gasteiger partial charge in [0.25, 0.3) is 0 Å². The van der Waals surface area contributed by atoms with E-state index in [1.54, 1.807) is 0 Å².